The SMILES string of the molecule is [3H]N=C[Si](C)(C)C. The molecule has 0 heterocycles. The maximum atomic E-state index is 6.46. The van der Waals surface area contributed by atoms with Crippen molar-refractivity contribution in [3.63, 3.8) is 0 Å². The average molecular weight is 103 g/mol. The number of rotatable bonds is 1. The topological polar surface area (TPSA) is 23.9 Å². The van der Waals surface area contributed by atoms with E-state index in [1.54, 1.807) is 5.84 Å². The predicted octanol–water partition coefficient (Wildman–Crippen LogP) is 1.51. The van der Waals surface area contributed by atoms with Crippen molar-refractivity contribution in [2.45, 2.75) is 19.6 Å². The molecule has 0 unspecified atom stereocenters. The molecule has 0 saturated carbocycles. The molecule has 0 aliphatic carbocycles. The fourth-order valence-electron chi connectivity index (χ4n) is 0. The van der Waals surface area contributed by atoms with Gasteiger partial charge in [-0.1, -0.05) is 19.6 Å². The largest absolute Gasteiger partial charge is 0.318 e. The second-order valence-corrected chi connectivity index (χ2v) is 7.49. The monoisotopic (exact) mass is 103 g/mol. The highest BCUT2D eigenvalue weighted by molar-refractivity contribution is 6.99. The van der Waals surface area contributed by atoms with Crippen molar-refractivity contribution in [3.05, 3.63) is 0 Å². The van der Waals surface area contributed by atoms with Gasteiger partial charge in [-0.05, 0) is 5.84 Å². The van der Waals surface area contributed by atoms with Gasteiger partial charge in [0.2, 0.25) is 0 Å². The van der Waals surface area contributed by atoms with Crippen molar-refractivity contribution < 1.29 is 1.41 Å². The fraction of sp³-hybridized carbons (Fsp3) is 0.750. The summed E-state index contributed by atoms with van der Waals surface area (Å²) in [6.45, 7) is 6.43. The molecule has 0 atom stereocenters. The molecule has 0 fully saturated rings. The van der Waals surface area contributed by atoms with E-state index in [-0.39, 0.29) is 0 Å². The zero-order valence-electron chi connectivity index (χ0n) is 5.52. The Labute approximate surface area is 41.4 Å². The molecule has 0 aliphatic rings. The van der Waals surface area contributed by atoms with Crippen LogP contribution < -0.4 is 0 Å². The molecule has 0 aliphatic heterocycles. The Kier molecular flexibility index (Phi) is 1.05. The summed E-state index contributed by atoms with van der Waals surface area (Å²) in [6, 6.07) is 0. The molecule has 36 valence electrons. The van der Waals surface area contributed by atoms with Crippen LogP contribution in [-0.4, -0.2) is 13.9 Å². The quantitative estimate of drug-likeness (QED) is 0.384. The zero-order chi connectivity index (χ0) is 5.91. The Morgan fingerprint density at radius 3 is 2.17 bits per heavy atom. The predicted molar refractivity (Wildman–Crippen MR) is 32.1 cm³/mol. The van der Waals surface area contributed by atoms with Gasteiger partial charge in [0.1, 0.15) is 0 Å². The van der Waals surface area contributed by atoms with Crippen LogP contribution >= 0.6 is 0 Å². The van der Waals surface area contributed by atoms with Gasteiger partial charge in [-0.25, -0.2) is 0 Å². The highest BCUT2D eigenvalue weighted by atomic mass is 28.3. The summed E-state index contributed by atoms with van der Waals surface area (Å²) in [7, 11) is -1.14. The minimum absolute atomic E-state index is 1.14. The van der Waals surface area contributed by atoms with Crippen LogP contribution in [-0.2, 0) is 0 Å². The van der Waals surface area contributed by atoms with Crippen molar-refractivity contribution in [2.75, 3.05) is 0 Å². The molecular formula is C4H11NSi. The van der Waals surface area contributed by atoms with Gasteiger partial charge >= 0.3 is 0 Å². The van der Waals surface area contributed by atoms with Crippen LogP contribution in [0.5, 0.6) is 0 Å². The standard InChI is InChI=1S/C4H11NSi/c1-6(2,3)4-5/h4-5H,1-3H3/i/hT. The molecule has 0 aromatic heterocycles. The maximum Gasteiger partial charge on any atom is 0.186 e. The zero-order valence-corrected chi connectivity index (χ0v) is 5.52. The molecule has 0 bridgehead atoms. The number of hydrogen-bond donors (Lipinski definition) is 1. The summed E-state index contributed by atoms with van der Waals surface area (Å²) in [5.74, 6) is 1.74. The van der Waals surface area contributed by atoms with Crippen molar-refractivity contribution in [3.8, 4) is 0 Å². The molecule has 1 nitrogen and oxygen atoms in total. The van der Waals surface area contributed by atoms with Crippen LogP contribution in [0.2, 0.25) is 21.1 Å². The van der Waals surface area contributed by atoms with E-state index in [4.69, 9.17) is 1.41 Å². The lowest BCUT2D eigenvalue weighted by molar-refractivity contribution is 1.58. The smallest absolute Gasteiger partial charge is 0.186 e. The molecular weight excluding hydrogens is 90.1 g/mol. The normalized spacial score (nSPS) is 15.5. The van der Waals surface area contributed by atoms with Crippen LogP contribution in [0.25, 0.3) is 0 Å². The number of nitrogens with one attached hydrogen (secondary N) is 1. The van der Waals surface area contributed by atoms with Gasteiger partial charge in [-0.2, -0.15) is 0 Å². The van der Waals surface area contributed by atoms with Crippen LogP contribution in [0.4, 0.5) is 0 Å². The second-order valence-electron chi connectivity index (χ2n) is 2.50. The summed E-state index contributed by atoms with van der Waals surface area (Å²) in [6.07, 6.45) is 0. The Balaban J connectivity index is 3.56. The molecule has 0 saturated heterocycles. The van der Waals surface area contributed by atoms with Gasteiger partial charge in [0.05, 0.1) is 8.07 Å². The summed E-state index contributed by atoms with van der Waals surface area (Å²) in [5, 5.41) is 3.19. The molecule has 0 rings (SSSR count). The summed E-state index contributed by atoms with van der Waals surface area (Å²) < 4.78 is 6.46. The van der Waals surface area contributed by atoms with E-state index in [0.717, 1.165) is 0 Å². The lowest BCUT2D eigenvalue weighted by Gasteiger charge is -2.02. The summed E-state index contributed by atoms with van der Waals surface area (Å²) in [5.41, 5.74) is 0. The van der Waals surface area contributed by atoms with Crippen LogP contribution in [0.1, 0.15) is 0 Å². The summed E-state index contributed by atoms with van der Waals surface area (Å²) in [4.78, 5) is 0. The third-order valence-electron chi connectivity index (χ3n) is 0.387. The average Bonchev–Trinajstić information content (AvgIpc) is 1.30. The van der Waals surface area contributed by atoms with Gasteiger partial charge in [-0.15, -0.1) is 0 Å². The van der Waals surface area contributed by atoms with Gasteiger partial charge < -0.3 is 5.40 Å². The maximum absolute atomic E-state index is 6.46. The molecule has 0 aromatic carbocycles. The highest BCUT2D eigenvalue weighted by Crippen LogP contribution is 1.91. The van der Waals surface area contributed by atoms with Crippen LogP contribution in [0.15, 0.2) is 0 Å². The van der Waals surface area contributed by atoms with Crippen molar-refractivity contribution in [1.82, 2.24) is 0 Å². The lowest BCUT2D eigenvalue weighted by atomic mass is 11.7. The third-order valence-corrected chi connectivity index (χ3v) is 1.16. The van der Waals surface area contributed by atoms with Gasteiger partial charge in [0.15, 0.2) is 1.41 Å². The second kappa shape index (κ2) is 1.56. The van der Waals surface area contributed by atoms with E-state index in [9.17, 15) is 0 Å². The fourth-order valence-corrected chi connectivity index (χ4v) is 0. The molecule has 0 aromatic rings. The first-order chi connectivity index (χ1) is 3.06. The van der Waals surface area contributed by atoms with Crippen LogP contribution in [0.3, 0.4) is 0 Å². The van der Waals surface area contributed by atoms with E-state index < -0.39 is 8.07 Å². The molecule has 1 N–H and O–H groups in total. The van der Waals surface area contributed by atoms with Gasteiger partial charge in [0, 0.05) is 0 Å². The van der Waals surface area contributed by atoms with E-state index in [1.165, 1.54) is 0 Å². The molecule has 0 radical (unpaired) electrons. The molecule has 2 heteroatoms. The van der Waals surface area contributed by atoms with Crippen LogP contribution in [0, 0.1) is 5.40 Å². The van der Waals surface area contributed by atoms with Crippen molar-refractivity contribution in [1.29, 1.82) is 5.40 Å². The Morgan fingerprint density at radius 2 is 2.17 bits per heavy atom. The van der Waals surface area contributed by atoms with Crippen molar-refractivity contribution in [2.24, 2.45) is 0 Å². The van der Waals surface area contributed by atoms with Crippen molar-refractivity contribution >= 4 is 13.9 Å². The Hall–Kier alpha value is -0.113. The van der Waals surface area contributed by atoms with Gasteiger partial charge in [0.25, 0.3) is 0 Å². The molecule has 0 amide bonds. The minimum Gasteiger partial charge on any atom is -0.318 e. The molecule has 6 heavy (non-hydrogen) atoms. The lowest BCUT2D eigenvalue weighted by Crippen LogP contribution is -2.20. The first-order valence-corrected chi connectivity index (χ1v) is 5.62. The molecule has 0 spiro atoms. The van der Waals surface area contributed by atoms with E-state index in [0.29, 0.717) is 0 Å². The minimum atomic E-state index is -1.14. The van der Waals surface area contributed by atoms with E-state index in [1.807, 2.05) is 0 Å². The third kappa shape index (κ3) is 3.89. The first-order valence-electron chi connectivity index (χ1n) is 2.49. The van der Waals surface area contributed by atoms with E-state index >= 15 is 0 Å². The number of hydrogen-bond acceptors (Lipinski definition) is 1. The Morgan fingerprint density at radius 1 is 1.67 bits per heavy atom. The highest BCUT2D eigenvalue weighted by Gasteiger charge is 2.05. The first kappa shape index (κ1) is 4.06. The van der Waals surface area contributed by atoms with Gasteiger partial charge in [-0.3, -0.25) is 0 Å². The van der Waals surface area contributed by atoms with E-state index in [2.05, 4.69) is 25.0 Å². The summed E-state index contributed by atoms with van der Waals surface area (Å²) >= 11 is 0. The Bertz CT molecular complexity index is 74.2.